The highest BCUT2D eigenvalue weighted by Gasteiger charge is 2.20. The Kier molecular flexibility index (Phi) is 1.76. The van der Waals surface area contributed by atoms with E-state index in [0.717, 1.165) is 0 Å². The van der Waals surface area contributed by atoms with Gasteiger partial charge in [-0.15, -0.1) is 0 Å². The van der Waals surface area contributed by atoms with Crippen molar-refractivity contribution in [3.63, 3.8) is 0 Å². The van der Waals surface area contributed by atoms with E-state index >= 15 is 0 Å². The SMILES string of the molecule is CN1C=C(C(C)(C)C)CC1. The minimum Gasteiger partial charge on any atom is -0.380 e. The Morgan fingerprint density at radius 3 is 2.20 bits per heavy atom. The Labute approximate surface area is 63.7 Å². The molecule has 10 heavy (non-hydrogen) atoms. The maximum atomic E-state index is 2.28. The third-order valence-corrected chi connectivity index (χ3v) is 2.07. The summed E-state index contributed by atoms with van der Waals surface area (Å²) in [5.74, 6) is 0. The molecular weight excluding hydrogens is 122 g/mol. The standard InChI is InChI=1S/C9H17N/c1-9(2,3)8-5-6-10(4)7-8/h7H,5-6H2,1-4H3. The number of nitrogens with zero attached hydrogens (tertiary/aromatic N) is 1. The summed E-state index contributed by atoms with van der Waals surface area (Å²) in [6, 6.07) is 0. The van der Waals surface area contributed by atoms with Crippen molar-refractivity contribution in [3.8, 4) is 0 Å². The average molecular weight is 139 g/mol. The van der Waals surface area contributed by atoms with Crippen molar-refractivity contribution >= 4 is 0 Å². The molecule has 0 atom stereocenters. The second kappa shape index (κ2) is 2.30. The van der Waals surface area contributed by atoms with Gasteiger partial charge in [0, 0.05) is 13.6 Å². The fourth-order valence-corrected chi connectivity index (χ4v) is 1.26. The summed E-state index contributed by atoms with van der Waals surface area (Å²) in [6.07, 6.45) is 3.53. The predicted molar refractivity (Wildman–Crippen MR) is 44.8 cm³/mol. The normalized spacial score (nSPS) is 19.6. The Hall–Kier alpha value is -0.460. The summed E-state index contributed by atoms with van der Waals surface area (Å²) in [7, 11) is 2.14. The maximum absolute atomic E-state index is 2.28. The van der Waals surface area contributed by atoms with E-state index in [9.17, 15) is 0 Å². The largest absolute Gasteiger partial charge is 0.380 e. The summed E-state index contributed by atoms with van der Waals surface area (Å²) < 4.78 is 0. The van der Waals surface area contributed by atoms with Crippen LogP contribution in [-0.4, -0.2) is 18.5 Å². The molecule has 0 spiro atoms. The maximum Gasteiger partial charge on any atom is 0.0207 e. The van der Waals surface area contributed by atoms with Crippen LogP contribution in [0.25, 0.3) is 0 Å². The highest BCUT2D eigenvalue weighted by atomic mass is 15.1. The van der Waals surface area contributed by atoms with E-state index in [1.165, 1.54) is 13.0 Å². The molecular formula is C9H17N. The fraction of sp³-hybridized carbons (Fsp3) is 0.778. The van der Waals surface area contributed by atoms with E-state index < -0.39 is 0 Å². The van der Waals surface area contributed by atoms with Gasteiger partial charge in [0.15, 0.2) is 0 Å². The highest BCUT2D eigenvalue weighted by Crippen LogP contribution is 2.31. The van der Waals surface area contributed by atoms with Gasteiger partial charge in [-0.3, -0.25) is 0 Å². The Balaban J connectivity index is 2.67. The molecule has 1 rings (SSSR count). The first-order chi connectivity index (χ1) is 4.50. The molecule has 0 aliphatic carbocycles. The summed E-state index contributed by atoms with van der Waals surface area (Å²) in [6.45, 7) is 8.03. The van der Waals surface area contributed by atoms with Crippen LogP contribution in [0.15, 0.2) is 11.8 Å². The van der Waals surface area contributed by atoms with Crippen LogP contribution in [-0.2, 0) is 0 Å². The van der Waals surface area contributed by atoms with E-state index in [-0.39, 0.29) is 0 Å². The van der Waals surface area contributed by atoms with Gasteiger partial charge in [0.2, 0.25) is 0 Å². The van der Waals surface area contributed by atoms with Gasteiger partial charge in [-0.2, -0.15) is 0 Å². The van der Waals surface area contributed by atoms with E-state index in [1.807, 2.05) is 0 Å². The smallest absolute Gasteiger partial charge is 0.0207 e. The zero-order valence-electron chi connectivity index (χ0n) is 7.44. The topological polar surface area (TPSA) is 3.24 Å². The Bertz CT molecular complexity index is 151. The van der Waals surface area contributed by atoms with Crippen LogP contribution in [0, 0.1) is 5.41 Å². The van der Waals surface area contributed by atoms with Gasteiger partial charge in [0.1, 0.15) is 0 Å². The predicted octanol–water partition coefficient (Wildman–Crippen LogP) is 2.25. The molecule has 1 heterocycles. The third-order valence-electron chi connectivity index (χ3n) is 2.07. The van der Waals surface area contributed by atoms with Crippen LogP contribution in [0.4, 0.5) is 0 Å². The number of rotatable bonds is 0. The van der Waals surface area contributed by atoms with Crippen molar-refractivity contribution in [2.24, 2.45) is 5.41 Å². The van der Waals surface area contributed by atoms with Crippen molar-refractivity contribution in [2.75, 3.05) is 13.6 Å². The first-order valence-corrected chi connectivity index (χ1v) is 3.91. The monoisotopic (exact) mass is 139 g/mol. The minimum absolute atomic E-state index is 0.380. The zero-order valence-corrected chi connectivity index (χ0v) is 7.44. The number of hydrogen-bond acceptors (Lipinski definition) is 1. The van der Waals surface area contributed by atoms with Gasteiger partial charge in [0.25, 0.3) is 0 Å². The average Bonchev–Trinajstić information content (AvgIpc) is 2.11. The van der Waals surface area contributed by atoms with E-state index in [1.54, 1.807) is 5.57 Å². The molecule has 0 aromatic heterocycles. The molecule has 0 N–H and O–H groups in total. The fourth-order valence-electron chi connectivity index (χ4n) is 1.26. The molecule has 0 unspecified atom stereocenters. The van der Waals surface area contributed by atoms with Crippen molar-refractivity contribution in [1.29, 1.82) is 0 Å². The van der Waals surface area contributed by atoms with Crippen molar-refractivity contribution in [3.05, 3.63) is 11.8 Å². The van der Waals surface area contributed by atoms with Gasteiger partial charge in [-0.1, -0.05) is 20.8 Å². The first-order valence-electron chi connectivity index (χ1n) is 3.91. The molecule has 0 aromatic rings. The molecule has 0 saturated carbocycles. The van der Waals surface area contributed by atoms with Gasteiger partial charge >= 0.3 is 0 Å². The van der Waals surface area contributed by atoms with Crippen LogP contribution in [0.5, 0.6) is 0 Å². The first kappa shape index (κ1) is 7.64. The van der Waals surface area contributed by atoms with Crippen LogP contribution >= 0.6 is 0 Å². The minimum atomic E-state index is 0.380. The van der Waals surface area contributed by atoms with Crippen LogP contribution in [0.3, 0.4) is 0 Å². The summed E-state index contributed by atoms with van der Waals surface area (Å²) in [4.78, 5) is 2.26. The molecule has 0 amide bonds. The summed E-state index contributed by atoms with van der Waals surface area (Å²) >= 11 is 0. The van der Waals surface area contributed by atoms with Gasteiger partial charge in [-0.05, 0) is 23.6 Å². The van der Waals surface area contributed by atoms with Gasteiger partial charge in [-0.25, -0.2) is 0 Å². The van der Waals surface area contributed by atoms with Crippen molar-refractivity contribution in [1.82, 2.24) is 4.90 Å². The lowest BCUT2D eigenvalue weighted by Crippen LogP contribution is -2.07. The third kappa shape index (κ3) is 1.53. The van der Waals surface area contributed by atoms with Crippen LogP contribution < -0.4 is 0 Å². The lowest BCUT2D eigenvalue weighted by atomic mass is 9.86. The highest BCUT2D eigenvalue weighted by molar-refractivity contribution is 5.14. The van der Waals surface area contributed by atoms with Gasteiger partial charge in [0.05, 0.1) is 0 Å². The molecule has 0 radical (unpaired) electrons. The Morgan fingerprint density at radius 2 is 2.00 bits per heavy atom. The lowest BCUT2D eigenvalue weighted by molar-refractivity contribution is 0.483. The van der Waals surface area contributed by atoms with E-state index in [2.05, 4.69) is 38.9 Å². The molecule has 1 aliphatic rings. The van der Waals surface area contributed by atoms with Crippen molar-refractivity contribution in [2.45, 2.75) is 27.2 Å². The molecule has 58 valence electrons. The summed E-state index contributed by atoms with van der Waals surface area (Å²) in [5.41, 5.74) is 1.96. The van der Waals surface area contributed by atoms with E-state index in [4.69, 9.17) is 0 Å². The molecule has 0 fully saturated rings. The number of hydrogen-bond donors (Lipinski definition) is 0. The quantitative estimate of drug-likeness (QED) is 0.497. The molecule has 0 bridgehead atoms. The molecule has 1 nitrogen and oxygen atoms in total. The molecule has 0 saturated heterocycles. The molecule has 1 heteroatoms. The van der Waals surface area contributed by atoms with Crippen LogP contribution in [0.1, 0.15) is 27.2 Å². The van der Waals surface area contributed by atoms with Crippen molar-refractivity contribution < 1.29 is 0 Å². The van der Waals surface area contributed by atoms with Crippen LogP contribution in [0.2, 0.25) is 0 Å². The molecule has 1 aliphatic heterocycles. The second-order valence-corrected chi connectivity index (χ2v) is 4.13. The molecule has 0 aromatic carbocycles. The van der Waals surface area contributed by atoms with E-state index in [0.29, 0.717) is 5.41 Å². The summed E-state index contributed by atoms with van der Waals surface area (Å²) in [5, 5.41) is 0. The lowest BCUT2D eigenvalue weighted by Gasteiger charge is -2.18. The van der Waals surface area contributed by atoms with Gasteiger partial charge < -0.3 is 4.90 Å². The zero-order chi connectivity index (χ0) is 7.78. The second-order valence-electron chi connectivity index (χ2n) is 4.13. The Morgan fingerprint density at radius 1 is 1.40 bits per heavy atom.